The molecule has 0 saturated carbocycles. The molecule has 2 heterocycles. The van der Waals surface area contributed by atoms with E-state index >= 15 is 0 Å². The first-order valence-electron chi connectivity index (χ1n) is 9.21. The van der Waals surface area contributed by atoms with E-state index in [1.54, 1.807) is 12.3 Å². The fraction of sp³-hybridized carbons (Fsp3) is 0.450. The smallest absolute Gasteiger partial charge is 0.222 e. The van der Waals surface area contributed by atoms with Gasteiger partial charge in [-0.3, -0.25) is 9.69 Å². The van der Waals surface area contributed by atoms with Gasteiger partial charge in [0.15, 0.2) is 0 Å². The van der Waals surface area contributed by atoms with Gasteiger partial charge in [0, 0.05) is 31.7 Å². The van der Waals surface area contributed by atoms with Crippen molar-refractivity contribution in [2.24, 2.45) is 0 Å². The molecule has 0 aliphatic carbocycles. The number of anilines is 1. The maximum absolute atomic E-state index is 12.5. The third kappa shape index (κ3) is 5.02. The quantitative estimate of drug-likeness (QED) is 0.825. The van der Waals surface area contributed by atoms with Crippen LogP contribution in [0.25, 0.3) is 0 Å². The Morgan fingerprint density at radius 2 is 2.12 bits per heavy atom. The molecule has 26 heavy (non-hydrogen) atoms. The van der Waals surface area contributed by atoms with Crippen molar-refractivity contribution in [2.45, 2.75) is 38.3 Å². The summed E-state index contributed by atoms with van der Waals surface area (Å²) < 4.78 is 0. The summed E-state index contributed by atoms with van der Waals surface area (Å²) in [6.45, 7) is 2.26. The number of hydrogen-bond acceptors (Lipinski definition) is 5. The number of rotatable bonds is 7. The standard InChI is InChI=1S/C20H27N5O/c1-24(15-19-22-12-10-18(21)23-19)17-11-13-25(14-17)20(26)9-5-8-16-6-3-2-4-7-16/h2-4,6-7,10,12,17H,5,8-9,11,13-15H2,1H3,(H2,21,22,23)/t17-/m1/s1. The van der Waals surface area contributed by atoms with Crippen LogP contribution in [0.5, 0.6) is 0 Å². The largest absolute Gasteiger partial charge is 0.384 e. The lowest BCUT2D eigenvalue weighted by molar-refractivity contribution is -0.130. The van der Waals surface area contributed by atoms with E-state index in [4.69, 9.17) is 5.73 Å². The summed E-state index contributed by atoms with van der Waals surface area (Å²) in [7, 11) is 2.06. The number of benzene rings is 1. The number of carbonyl (C=O) groups excluding carboxylic acids is 1. The highest BCUT2D eigenvalue weighted by Crippen LogP contribution is 2.18. The predicted octanol–water partition coefficient (Wildman–Crippen LogP) is 2.11. The molecule has 3 rings (SSSR count). The molecule has 0 spiro atoms. The fourth-order valence-corrected chi connectivity index (χ4v) is 3.42. The lowest BCUT2D eigenvalue weighted by Crippen LogP contribution is -2.36. The van der Waals surface area contributed by atoms with Crippen molar-refractivity contribution in [3.8, 4) is 0 Å². The van der Waals surface area contributed by atoms with Gasteiger partial charge in [-0.1, -0.05) is 30.3 Å². The minimum absolute atomic E-state index is 0.261. The maximum Gasteiger partial charge on any atom is 0.222 e. The molecule has 0 unspecified atom stereocenters. The lowest BCUT2D eigenvalue weighted by atomic mass is 10.1. The second-order valence-electron chi connectivity index (χ2n) is 6.93. The minimum atomic E-state index is 0.261. The molecular weight excluding hydrogens is 326 g/mol. The Bertz CT molecular complexity index is 721. The number of aromatic nitrogens is 2. The highest BCUT2D eigenvalue weighted by molar-refractivity contribution is 5.76. The zero-order valence-electron chi connectivity index (χ0n) is 15.3. The zero-order valence-corrected chi connectivity index (χ0v) is 15.3. The minimum Gasteiger partial charge on any atom is -0.384 e. The number of nitrogen functional groups attached to an aromatic ring is 1. The van der Waals surface area contributed by atoms with Crippen LogP contribution in [-0.2, 0) is 17.8 Å². The van der Waals surface area contributed by atoms with Crippen molar-refractivity contribution < 1.29 is 4.79 Å². The Morgan fingerprint density at radius 3 is 2.88 bits per heavy atom. The van der Waals surface area contributed by atoms with E-state index < -0.39 is 0 Å². The van der Waals surface area contributed by atoms with Crippen LogP contribution < -0.4 is 5.73 Å². The highest BCUT2D eigenvalue weighted by Gasteiger charge is 2.28. The van der Waals surface area contributed by atoms with E-state index in [0.717, 1.165) is 38.2 Å². The molecule has 0 bridgehead atoms. The van der Waals surface area contributed by atoms with Crippen LogP contribution >= 0.6 is 0 Å². The molecule has 1 aliphatic rings. The molecule has 1 saturated heterocycles. The first kappa shape index (κ1) is 18.3. The highest BCUT2D eigenvalue weighted by atomic mass is 16.2. The molecule has 1 atom stereocenters. The third-order valence-corrected chi connectivity index (χ3v) is 4.96. The van der Waals surface area contributed by atoms with E-state index in [0.29, 0.717) is 24.8 Å². The second-order valence-corrected chi connectivity index (χ2v) is 6.93. The molecule has 1 aromatic heterocycles. The topological polar surface area (TPSA) is 75.4 Å². The Labute approximate surface area is 155 Å². The van der Waals surface area contributed by atoms with Gasteiger partial charge in [-0.15, -0.1) is 0 Å². The molecule has 2 N–H and O–H groups in total. The van der Waals surface area contributed by atoms with Crippen molar-refractivity contribution >= 4 is 11.7 Å². The fourth-order valence-electron chi connectivity index (χ4n) is 3.42. The number of nitrogens with two attached hydrogens (primary N) is 1. The van der Waals surface area contributed by atoms with Crippen molar-refractivity contribution in [1.29, 1.82) is 0 Å². The zero-order chi connectivity index (χ0) is 18.4. The number of likely N-dealkylation sites (tertiary alicyclic amines) is 1. The second kappa shape index (κ2) is 8.76. The molecule has 1 aliphatic heterocycles. The van der Waals surface area contributed by atoms with Gasteiger partial charge in [-0.05, 0) is 37.9 Å². The first-order valence-corrected chi connectivity index (χ1v) is 9.21. The van der Waals surface area contributed by atoms with Crippen LogP contribution in [0.1, 0.15) is 30.7 Å². The predicted molar refractivity (Wildman–Crippen MR) is 102 cm³/mol. The number of likely N-dealkylation sites (N-methyl/N-ethyl adjacent to an activating group) is 1. The molecule has 6 nitrogen and oxygen atoms in total. The van der Waals surface area contributed by atoms with Crippen molar-refractivity contribution in [3.05, 3.63) is 54.0 Å². The number of amides is 1. The summed E-state index contributed by atoms with van der Waals surface area (Å²) in [6, 6.07) is 12.4. The third-order valence-electron chi connectivity index (χ3n) is 4.96. The van der Waals surface area contributed by atoms with Gasteiger partial charge in [0.2, 0.25) is 5.91 Å². The van der Waals surface area contributed by atoms with Crippen LogP contribution in [0.3, 0.4) is 0 Å². The molecule has 138 valence electrons. The van der Waals surface area contributed by atoms with Crippen molar-refractivity contribution in [1.82, 2.24) is 19.8 Å². The number of hydrogen-bond donors (Lipinski definition) is 1. The molecule has 2 aromatic rings. The lowest BCUT2D eigenvalue weighted by Gasteiger charge is -2.24. The van der Waals surface area contributed by atoms with Gasteiger partial charge < -0.3 is 10.6 Å². The number of nitrogens with zero attached hydrogens (tertiary/aromatic N) is 4. The molecule has 1 amide bonds. The number of carbonyl (C=O) groups is 1. The number of aryl methyl sites for hydroxylation is 1. The molecule has 6 heteroatoms. The average molecular weight is 353 g/mol. The van der Waals surface area contributed by atoms with E-state index in [1.165, 1.54) is 5.56 Å². The Hall–Kier alpha value is -2.47. The molecule has 1 aromatic carbocycles. The van der Waals surface area contributed by atoms with E-state index in [2.05, 4.69) is 34.0 Å². The van der Waals surface area contributed by atoms with E-state index in [1.807, 2.05) is 23.1 Å². The van der Waals surface area contributed by atoms with Gasteiger partial charge in [0.1, 0.15) is 11.6 Å². The summed E-state index contributed by atoms with van der Waals surface area (Å²) in [5.41, 5.74) is 7.01. The molecule has 1 fully saturated rings. The van der Waals surface area contributed by atoms with E-state index in [-0.39, 0.29) is 5.91 Å². The summed E-state index contributed by atoms with van der Waals surface area (Å²) in [4.78, 5) is 25.2. The Morgan fingerprint density at radius 1 is 1.31 bits per heavy atom. The van der Waals surface area contributed by atoms with Crippen LogP contribution in [0.4, 0.5) is 5.82 Å². The maximum atomic E-state index is 12.5. The molecule has 0 radical (unpaired) electrons. The summed E-state index contributed by atoms with van der Waals surface area (Å²) >= 11 is 0. The van der Waals surface area contributed by atoms with Crippen LogP contribution in [0, 0.1) is 0 Å². The summed E-state index contributed by atoms with van der Waals surface area (Å²) in [5, 5.41) is 0. The Balaban J connectivity index is 1.43. The van der Waals surface area contributed by atoms with Gasteiger partial charge in [0.05, 0.1) is 6.54 Å². The Kier molecular flexibility index (Phi) is 6.17. The van der Waals surface area contributed by atoms with Gasteiger partial charge in [-0.2, -0.15) is 0 Å². The van der Waals surface area contributed by atoms with Gasteiger partial charge in [0.25, 0.3) is 0 Å². The molecular formula is C20H27N5O. The van der Waals surface area contributed by atoms with Crippen LogP contribution in [-0.4, -0.2) is 51.9 Å². The van der Waals surface area contributed by atoms with Gasteiger partial charge >= 0.3 is 0 Å². The SMILES string of the molecule is CN(Cc1nccc(N)n1)[C@@H]1CCN(C(=O)CCCc2ccccc2)C1. The normalized spacial score (nSPS) is 17.0. The summed E-state index contributed by atoms with van der Waals surface area (Å²) in [5.74, 6) is 1.47. The van der Waals surface area contributed by atoms with Gasteiger partial charge in [-0.25, -0.2) is 9.97 Å². The summed E-state index contributed by atoms with van der Waals surface area (Å²) in [6.07, 6.45) is 5.14. The van der Waals surface area contributed by atoms with Crippen LogP contribution in [0.2, 0.25) is 0 Å². The van der Waals surface area contributed by atoms with E-state index in [9.17, 15) is 4.79 Å². The average Bonchev–Trinajstić information content (AvgIpc) is 3.13. The van der Waals surface area contributed by atoms with Crippen molar-refractivity contribution in [3.63, 3.8) is 0 Å². The van der Waals surface area contributed by atoms with Crippen molar-refractivity contribution in [2.75, 3.05) is 25.9 Å². The first-order chi connectivity index (χ1) is 12.6. The van der Waals surface area contributed by atoms with Crippen LogP contribution in [0.15, 0.2) is 42.6 Å². The monoisotopic (exact) mass is 353 g/mol.